The van der Waals surface area contributed by atoms with Crippen LogP contribution in [0.2, 0.25) is 0 Å². The van der Waals surface area contributed by atoms with Gasteiger partial charge in [-0.3, -0.25) is 9.20 Å². The van der Waals surface area contributed by atoms with Gasteiger partial charge in [0.2, 0.25) is 5.91 Å². The third-order valence-corrected chi connectivity index (χ3v) is 4.27. The summed E-state index contributed by atoms with van der Waals surface area (Å²) in [7, 11) is 0. The highest BCUT2D eigenvalue weighted by Gasteiger charge is 2.37. The van der Waals surface area contributed by atoms with Crippen molar-refractivity contribution in [3.63, 3.8) is 0 Å². The molecule has 2 aromatic rings. The Kier molecular flexibility index (Phi) is 2.83. The second kappa shape index (κ2) is 4.37. The lowest BCUT2D eigenvalue weighted by Crippen LogP contribution is -2.56. The molecule has 1 fully saturated rings. The number of aliphatic hydroxyl groups excluding tert-OH is 1. The number of aliphatic hydroxyl groups is 1. The Bertz CT molecular complexity index is 537. The molecule has 1 aliphatic carbocycles. The van der Waals surface area contributed by atoms with Crippen molar-refractivity contribution >= 4 is 22.2 Å². The molecule has 3 rings (SSSR count). The number of thiazole rings is 1. The molecule has 0 aliphatic heterocycles. The molecule has 0 bridgehead atoms. The molecule has 0 atom stereocenters. The van der Waals surface area contributed by atoms with Gasteiger partial charge in [0.25, 0.3) is 0 Å². The Morgan fingerprint density at radius 2 is 2.44 bits per heavy atom. The van der Waals surface area contributed by atoms with Gasteiger partial charge in [0.15, 0.2) is 4.96 Å². The summed E-state index contributed by atoms with van der Waals surface area (Å²) in [5.74, 6) is -0.0606. The molecule has 18 heavy (non-hydrogen) atoms. The molecule has 0 saturated heterocycles. The van der Waals surface area contributed by atoms with E-state index in [2.05, 4.69) is 10.3 Å². The summed E-state index contributed by atoms with van der Waals surface area (Å²) in [6.45, 7) is 0.0248. The van der Waals surface area contributed by atoms with E-state index in [-0.39, 0.29) is 24.5 Å². The van der Waals surface area contributed by atoms with Gasteiger partial charge in [-0.15, -0.1) is 11.3 Å². The third-order valence-electron chi connectivity index (χ3n) is 3.50. The van der Waals surface area contributed by atoms with Gasteiger partial charge < -0.3 is 10.4 Å². The van der Waals surface area contributed by atoms with Crippen LogP contribution in [-0.4, -0.2) is 32.5 Å². The highest BCUT2D eigenvalue weighted by atomic mass is 32.1. The average molecular weight is 265 g/mol. The Morgan fingerprint density at radius 3 is 3.06 bits per heavy atom. The first-order valence-electron chi connectivity index (χ1n) is 6.04. The molecule has 1 amide bonds. The minimum atomic E-state index is -0.367. The molecule has 5 nitrogen and oxygen atoms in total. The van der Waals surface area contributed by atoms with E-state index in [1.165, 1.54) is 0 Å². The van der Waals surface area contributed by atoms with Crippen molar-refractivity contribution in [2.45, 2.75) is 31.2 Å². The molecular formula is C12H15N3O2S. The number of carbonyl (C=O) groups is 1. The number of nitrogens with one attached hydrogen (secondary N) is 1. The largest absolute Gasteiger partial charge is 0.394 e. The zero-order valence-corrected chi connectivity index (χ0v) is 10.7. The van der Waals surface area contributed by atoms with E-state index in [0.717, 1.165) is 29.9 Å². The first-order valence-corrected chi connectivity index (χ1v) is 6.92. The number of fused-ring (bicyclic) bond motifs is 1. The van der Waals surface area contributed by atoms with E-state index in [1.807, 2.05) is 22.2 Å². The summed E-state index contributed by atoms with van der Waals surface area (Å²) in [6, 6.07) is 0. The molecule has 6 heteroatoms. The van der Waals surface area contributed by atoms with Crippen molar-refractivity contribution in [1.82, 2.24) is 14.7 Å². The highest BCUT2D eigenvalue weighted by Crippen LogP contribution is 2.31. The lowest BCUT2D eigenvalue weighted by molar-refractivity contribution is -0.124. The van der Waals surface area contributed by atoms with Crippen LogP contribution in [-0.2, 0) is 11.2 Å². The number of imidazole rings is 1. The minimum absolute atomic E-state index is 0.0248. The number of amides is 1. The molecule has 0 aromatic carbocycles. The second-order valence-electron chi connectivity index (χ2n) is 4.84. The van der Waals surface area contributed by atoms with Crippen LogP contribution >= 0.6 is 11.3 Å². The topological polar surface area (TPSA) is 66.6 Å². The summed E-state index contributed by atoms with van der Waals surface area (Å²) < 4.78 is 1.92. The summed E-state index contributed by atoms with van der Waals surface area (Å²) >= 11 is 1.55. The first-order chi connectivity index (χ1) is 8.71. The number of aromatic nitrogens is 2. The van der Waals surface area contributed by atoms with Crippen LogP contribution in [0.15, 0.2) is 17.8 Å². The standard InChI is InChI=1S/C12H15N3O2S/c16-8-12(2-1-3-12)14-10(17)6-9-7-15-4-5-18-11(15)13-9/h4-5,7,16H,1-3,6,8H2,(H,14,17). The number of hydrogen-bond donors (Lipinski definition) is 2. The Hall–Kier alpha value is -1.40. The molecule has 0 spiro atoms. The van der Waals surface area contributed by atoms with Gasteiger partial charge in [-0.1, -0.05) is 0 Å². The van der Waals surface area contributed by atoms with Crippen LogP contribution in [0.25, 0.3) is 4.96 Å². The summed E-state index contributed by atoms with van der Waals surface area (Å²) in [5, 5.41) is 14.2. The van der Waals surface area contributed by atoms with Crippen molar-refractivity contribution in [2.75, 3.05) is 6.61 Å². The predicted molar refractivity (Wildman–Crippen MR) is 68.6 cm³/mol. The van der Waals surface area contributed by atoms with Gasteiger partial charge in [0.05, 0.1) is 24.3 Å². The Labute approximate surface area is 108 Å². The maximum absolute atomic E-state index is 11.9. The minimum Gasteiger partial charge on any atom is -0.394 e. The fourth-order valence-corrected chi connectivity index (χ4v) is 3.01. The van der Waals surface area contributed by atoms with Crippen LogP contribution in [0.1, 0.15) is 25.0 Å². The fourth-order valence-electron chi connectivity index (χ4n) is 2.29. The lowest BCUT2D eigenvalue weighted by atomic mass is 9.77. The smallest absolute Gasteiger partial charge is 0.226 e. The monoisotopic (exact) mass is 265 g/mol. The molecule has 0 radical (unpaired) electrons. The van der Waals surface area contributed by atoms with Gasteiger partial charge >= 0.3 is 0 Å². The van der Waals surface area contributed by atoms with Crippen LogP contribution in [0, 0.1) is 0 Å². The van der Waals surface area contributed by atoms with Gasteiger partial charge in [-0.2, -0.15) is 0 Å². The second-order valence-corrected chi connectivity index (χ2v) is 5.72. The Balaban J connectivity index is 1.65. The molecule has 2 N–H and O–H groups in total. The van der Waals surface area contributed by atoms with Gasteiger partial charge in [0, 0.05) is 17.8 Å². The maximum Gasteiger partial charge on any atom is 0.226 e. The summed E-state index contributed by atoms with van der Waals surface area (Å²) in [4.78, 5) is 17.2. The fraction of sp³-hybridized carbons (Fsp3) is 0.500. The quantitative estimate of drug-likeness (QED) is 0.865. The highest BCUT2D eigenvalue weighted by molar-refractivity contribution is 7.15. The van der Waals surface area contributed by atoms with Crippen molar-refractivity contribution in [3.05, 3.63) is 23.5 Å². The van der Waals surface area contributed by atoms with E-state index < -0.39 is 0 Å². The van der Waals surface area contributed by atoms with Gasteiger partial charge in [-0.25, -0.2) is 4.98 Å². The van der Waals surface area contributed by atoms with Crippen LogP contribution in [0.5, 0.6) is 0 Å². The van der Waals surface area contributed by atoms with Crippen molar-refractivity contribution in [1.29, 1.82) is 0 Å². The lowest BCUT2D eigenvalue weighted by Gasteiger charge is -2.40. The zero-order valence-electron chi connectivity index (χ0n) is 9.93. The van der Waals surface area contributed by atoms with Crippen molar-refractivity contribution in [2.24, 2.45) is 0 Å². The van der Waals surface area contributed by atoms with Gasteiger partial charge in [0.1, 0.15) is 0 Å². The van der Waals surface area contributed by atoms with Crippen LogP contribution < -0.4 is 5.32 Å². The van der Waals surface area contributed by atoms with Crippen LogP contribution in [0.4, 0.5) is 0 Å². The summed E-state index contributed by atoms with van der Waals surface area (Å²) in [6.07, 6.45) is 6.88. The SMILES string of the molecule is O=C(Cc1cn2ccsc2n1)NC1(CO)CCC1. The van der Waals surface area contributed by atoms with Crippen molar-refractivity contribution in [3.8, 4) is 0 Å². The molecule has 2 aromatic heterocycles. The number of hydrogen-bond acceptors (Lipinski definition) is 4. The molecule has 0 unspecified atom stereocenters. The molecule has 1 aliphatic rings. The van der Waals surface area contributed by atoms with Crippen LogP contribution in [0.3, 0.4) is 0 Å². The third kappa shape index (κ3) is 2.02. The van der Waals surface area contributed by atoms with E-state index in [0.29, 0.717) is 0 Å². The number of carbonyl (C=O) groups excluding carboxylic acids is 1. The molecule has 96 valence electrons. The molecule has 1 saturated carbocycles. The van der Waals surface area contributed by atoms with Crippen molar-refractivity contribution < 1.29 is 9.90 Å². The molecule has 2 heterocycles. The average Bonchev–Trinajstić information content (AvgIpc) is 2.83. The van der Waals surface area contributed by atoms with E-state index >= 15 is 0 Å². The van der Waals surface area contributed by atoms with E-state index in [1.54, 1.807) is 11.3 Å². The normalized spacial score (nSPS) is 17.6. The first kappa shape index (κ1) is 11.7. The zero-order chi connectivity index (χ0) is 12.6. The maximum atomic E-state index is 11.9. The number of rotatable bonds is 4. The van der Waals surface area contributed by atoms with Gasteiger partial charge in [-0.05, 0) is 19.3 Å². The number of nitrogens with zero attached hydrogens (tertiary/aromatic N) is 2. The summed E-state index contributed by atoms with van der Waals surface area (Å²) in [5.41, 5.74) is 0.403. The molecular weight excluding hydrogens is 250 g/mol. The predicted octanol–water partition coefficient (Wildman–Crippen LogP) is 0.970. The van der Waals surface area contributed by atoms with E-state index in [9.17, 15) is 9.90 Å². The van der Waals surface area contributed by atoms with E-state index in [4.69, 9.17) is 0 Å². The Morgan fingerprint density at radius 1 is 1.61 bits per heavy atom.